The molecule has 0 unspecified atom stereocenters. The molecule has 0 aliphatic carbocycles. The Morgan fingerprint density at radius 1 is 0.829 bits per heavy atom. The molecule has 0 spiro atoms. The molecule has 3 aromatic carbocycles. The molecular weight excluding hydrogens is 442 g/mol. The fourth-order valence-corrected chi connectivity index (χ4v) is 3.35. The van der Waals surface area contributed by atoms with E-state index < -0.39 is 0 Å². The molecule has 0 saturated carbocycles. The van der Waals surface area contributed by atoms with Crippen LogP contribution in [0.2, 0.25) is 0 Å². The Labute approximate surface area is 204 Å². The minimum Gasteiger partial charge on any atom is -0.378 e. The summed E-state index contributed by atoms with van der Waals surface area (Å²) in [5.41, 5.74) is 11.4. The highest BCUT2D eigenvalue weighted by Crippen LogP contribution is 2.18. The first-order valence-corrected chi connectivity index (χ1v) is 11.2. The Balaban J connectivity index is 0.000000261. The molecule has 1 aromatic heterocycles. The van der Waals surface area contributed by atoms with E-state index in [1.54, 1.807) is 18.2 Å². The highest BCUT2D eigenvalue weighted by molar-refractivity contribution is 5.98. The maximum atomic E-state index is 12.1. The van der Waals surface area contributed by atoms with E-state index in [0.29, 0.717) is 29.8 Å². The molecule has 35 heavy (non-hydrogen) atoms. The number of para-hydroxylation sites is 1. The molecule has 0 bridgehead atoms. The van der Waals surface area contributed by atoms with Crippen LogP contribution in [0.3, 0.4) is 0 Å². The van der Waals surface area contributed by atoms with Gasteiger partial charge in [0.15, 0.2) is 0 Å². The second-order valence-electron chi connectivity index (χ2n) is 8.44. The quantitative estimate of drug-likeness (QED) is 0.292. The number of nitrogens with zero attached hydrogens (tertiary/aromatic N) is 2. The van der Waals surface area contributed by atoms with Crippen LogP contribution in [0.15, 0.2) is 71.5 Å². The number of fused-ring (bicyclic) bond motifs is 1. The molecule has 184 valence electrons. The fourth-order valence-electron chi connectivity index (χ4n) is 3.35. The number of carbonyl (C=O) groups excluding carboxylic acids is 1. The molecule has 9 nitrogen and oxygen atoms in total. The first kappa shape index (κ1) is 25.4. The zero-order valence-corrected chi connectivity index (χ0v) is 20.6. The summed E-state index contributed by atoms with van der Waals surface area (Å²) in [5, 5.41) is 5.55. The molecule has 9 heteroatoms. The number of H-pyrrole nitrogens is 2. The van der Waals surface area contributed by atoms with E-state index in [1.165, 1.54) is 11.3 Å². The van der Waals surface area contributed by atoms with Crippen molar-refractivity contribution in [2.45, 2.75) is 13.1 Å². The Hall–Kier alpha value is -4.24. The molecule has 0 saturated heterocycles. The summed E-state index contributed by atoms with van der Waals surface area (Å²) in [6, 6.07) is 21.1. The molecule has 0 radical (unpaired) electrons. The number of aromatic nitrogens is 2. The number of imidazole rings is 1. The van der Waals surface area contributed by atoms with Gasteiger partial charge in [-0.15, -0.1) is 0 Å². The van der Waals surface area contributed by atoms with Crippen molar-refractivity contribution in [1.82, 2.24) is 15.3 Å². The van der Waals surface area contributed by atoms with Crippen LogP contribution in [0, 0.1) is 0 Å². The first-order chi connectivity index (χ1) is 16.8. The average Bonchev–Trinajstić information content (AvgIpc) is 3.24. The van der Waals surface area contributed by atoms with Crippen molar-refractivity contribution < 1.29 is 4.79 Å². The van der Waals surface area contributed by atoms with Gasteiger partial charge in [-0.2, -0.15) is 0 Å². The van der Waals surface area contributed by atoms with Gasteiger partial charge in [0.1, 0.15) is 0 Å². The average molecular weight is 476 g/mol. The lowest BCUT2D eigenvalue weighted by atomic mass is 10.2. The SMILES string of the molecule is CN(C)c1ccc(CN)cc1.CN(C)c1ccc(CNC(=O)Nc2cccc3[nH]c(=O)[nH]c23)cc1. The lowest BCUT2D eigenvalue weighted by molar-refractivity contribution is 0.252. The number of amides is 2. The van der Waals surface area contributed by atoms with Gasteiger partial charge in [0.2, 0.25) is 0 Å². The van der Waals surface area contributed by atoms with Crippen molar-refractivity contribution in [1.29, 1.82) is 0 Å². The number of aromatic amines is 2. The lowest BCUT2D eigenvalue weighted by Gasteiger charge is -2.13. The summed E-state index contributed by atoms with van der Waals surface area (Å²) >= 11 is 0. The van der Waals surface area contributed by atoms with Gasteiger partial charge in [0.25, 0.3) is 0 Å². The van der Waals surface area contributed by atoms with Crippen molar-refractivity contribution in [3.05, 3.63) is 88.3 Å². The summed E-state index contributed by atoms with van der Waals surface area (Å²) in [7, 11) is 8.01. The number of nitrogens with two attached hydrogens (primary N) is 1. The maximum Gasteiger partial charge on any atom is 0.323 e. The van der Waals surface area contributed by atoms with E-state index in [9.17, 15) is 9.59 Å². The van der Waals surface area contributed by atoms with E-state index in [4.69, 9.17) is 5.73 Å². The number of anilines is 3. The Bertz CT molecular complexity index is 1290. The number of urea groups is 1. The van der Waals surface area contributed by atoms with Gasteiger partial charge in [0.05, 0.1) is 16.7 Å². The number of carbonyl (C=O) groups is 1. The number of nitrogens with one attached hydrogen (secondary N) is 4. The highest BCUT2D eigenvalue weighted by Gasteiger charge is 2.08. The molecule has 0 aliphatic rings. The Morgan fingerprint density at radius 2 is 1.40 bits per heavy atom. The van der Waals surface area contributed by atoms with Crippen LogP contribution in [-0.4, -0.2) is 44.2 Å². The van der Waals surface area contributed by atoms with Gasteiger partial charge in [-0.25, -0.2) is 9.59 Å². The van der Waals surface area contributed by atoms with Crippen LogP contribution in [-0.2, 0) is 13.1 Å². The van der Waals surface area contributed by atoms with Gasteiger partial charge in [-0.1, -0.05) is 30.3 Å². The van der Waals surface area contributed by atoms with E-state index in [1.807, 2.05) is 57.4 Å². The largest absolute Gasteiger partial charge is 0.378 e. The summed E-state index contributed by atoms with van der Waals surface area (Å²) in [6.45, 7) is 1.03. The smallest absolute Gasteiger partial charge is 0.323 e. The number of hydrogen-bond acceptors (Lipinski definition) is 5. The van der Waals surface area contributed by atoms with Crippen LogP contribution in [0.5, 0.6) is 0 Å². The van der Waals surface area contributed by atoms with Crippen molar-refractivity contribution >= 4 is 34.1 Å². The van der Waals surface area contributed by atoms with Crippen LogP contribution in [0.4, 0.5) is 21.9 Å². The molecule has 0 atom stereocenters. The molecule has 2 amide bonds. The summed E-state index contributed by atoms with van der Waals surface area (Å²) in [6.07, 6.45) is 0. The molecule has 4 aromatic rings. The Morgan fingerprint density at radius 3 is 1.94 bits per heavy atom. The van der Waals surface area contributed by atoms with Gasteiger partial charge >= 0.3 is 11.7 Å². The normalized spacial score (nSPS) is 10.3. The predicted octanol–water partition coefficient (Wildman–Crippen LogP) is 3.46. The zero-order chi connectivity index (χ0) is 25.4. The fraction of sp³-hybridized carbons (Fsp3) is 0.231. The summed E-state index contributed by atoms with van der Waals surface area (Å²) in [4.78, 5) is 32.9. The second kappa shape index (κ2) is 11.8. The summed E-state index contributed by atoms with van der Waals surface area (Å²) < 4.78 is 0. The second-order valence-corrected chi connectivity index (χ2v) is 8.44. The lowest BCUT2D eigenvalue weighted by Crippen LogP contribution is -2.28. The Kier molecular flexibility index (Phi) is 8.53. The minimum absolute atomic E-state index is 0.305. The van der Waals surface area contributed by atoms with Crippen molar-refractivity contribution in [2.75, 3.05) is 43.3 Å². The first-order valence-electron chi connectivity index (χ1n) is 11.2. The molecule has 4 rings (SSSR count). The highest BCUT2D eigenvalue weighted by atomic mass is 16.2. The monoisotopic (exact) mass is 475 g/mol. The minimum atomic E-state index is -0.332. The van der Waals surface area contributed by atoms with Crippen LogP contribution >= 0.6 is 0 Å². The molecule has 0 aliphatic heterocycles. The third kappa shape index (κ3) is 7.12. The van der Waals surface area contributed by atoms with E-state index in [-0.39, 0.29) is 11.7 Å². The van der Waals surface area contributed by atoms with Crippen LogP contribution < -0.4 is 31.9 Å². The topological polar surface area (TPSA) is 122 Å². The summed E-state index contributed by atoms with van der Waals surface area (Å²) in [5.74, 6) is 0. The van der Waals surface area contributed by atoms with Crippen molar-refractivity contribution in [3.63, 3.8) is 0 Å². The van der Waals surface area contributed by atoms with Crippen LogP contribution in [0.25, 0.3) is 11.0 Å². The van der Waals surface area contributed by atoms with Gasteiger partial charge in [-0.3, -0.25) is 0 Å². The van der Waals surface area contributed by atoms with E-state index in [0.717, 1.165) is 11.3 Å². The number of hydrogen-bond donors (Lipinski definition) is 5. The van der Waals surface area contributed by atoms with Crippen LogP contribution in [0.1, 0.15) is 11.1 Å². The van der Waals surface area contributed by atoms with Gasteiger partial charge in [0, 0.05) is 52.7 Å². The van der Waals surface area contributed by atoms with E-state index >= 15 is 0 Å². The third-order valence-electron chi connectivity index (χ3n) is 5.39. The number of rotatable bonds is 6. The maximum absolute atomic E-state index is 12.1. The van der Waals surface area contributed by atoms with Crippen molar-refractivity contribution in [3.8, 4) is 0 Å². The molecule has 1 heterocycles. The van der Waals surface area contributed by atoms with Gasteiger partial charge < -0.3 is 36.1 Å². The molecular formula is C26H33N7O2. The molecule has 0 fully saturated rings. The van der Waals surface area contributed by atoms with E-state index in [2.05, 4.69) is 49.8 Å². The molecule has 6 N–H and O–H groups in total. The van der Waals surface area contributed by atoms with Gasteiger partial charge in [-0.05, 0) is 47.5 Å². The predicted molar refractivity (Wildman–Crippen MR) is 144 cm³/mol. The van der Waals surface area contributed by atoms with Crippen molar-refractivity contribution in [2.24, 2.45) is 5.73 Å². The zero-order valence-electron chi connectivity index (χ0n) is 20.6. The standard InChI is InChI=1S/C17H19N5O2.C9H14N2/c1-22(2)12-8-6-11(7-9-12)10-18-16(23)19-13-4-3-5-14-15(13)21-17(24)20-14;1-11(2)9-5-3-8(7-10)4-6-9/h3-9H,10H2,1-2H3,(H2,18,19,23)(H2,20,21,24);3-6H,7,10H2,1-2H3. The number of benzene rings is 3. The third-order valence-corrected chi connectivity index (χ3v) is 5.39.